The van der Waals surface area contributed by atoms with Crippen LogP contribution in [-0.2, 0) is 4.74 Å². The molecule has 0 spiro atoms. The highest BCUT2D eigenvalue weighted by molar-refractivity contribution is 5.56. The summed E-state index contributed by atoms with van der Waals surface area (Å²) in [6.45, 7) is 1.54. The number of benzene rings is 1. The van der Waals surface area contributed by atoms with Crippen LogP contribution >= 0.6 is 0 Å². The Morgan fingerprint density at radius 3 is 3.18 bits per heavy atom. The number of anilines is 3. The SMILES string of the molecule is N#Cc1cccc(Nc2nncc(NCC3CCCO3)n2)c1. The van der Waals surface area contributed by atoms with E-state index in [9.17, 15) is 0 Å². The fourth-order valence-corrected chi connectivity index (χ4v) is 2.26. The zero-order chi connectivity index (χ0) is 15.2. The molecule has 0 saturated carbocycles. The summed E-state index contributed by atoms with van der Waals surface area (Å²) < 4.78 is 5.55. The fourth-order valence-electron chi connectivity index (χ4n) is 2.26. The average Bonchev–Trinajstić information content (AvgIpc) is 3.07. The lowest BCUT2D eigenvalue weighted by Gasteiger charge is -2.11. The fraction of sp³-hybridized carbons (Fsp3) is 0.333. The molecule has 1 aliphatic heterocycles. The van der Waals surface area contributed by atoms with Gasteiger partial charge in [-0.2, -0.15) is 15.3 Å². The van der Waals surface area contributed by atoms with Crippen LogP contribution in [0.2, 0.25) is 0 Å². The third-order valence-corrected chi connectivity index (χ3v) is 3.34. The van der Waals surface area contributed by atoms with E-state index < -0.39 is 0 Å². The van der Waals surface area contributed by atoms with Crippen molar-refractivity contribution in [3.63, 3.8) is 0 Å². The number of aromatic nitrogens is 3. The molecule has 7 nitrogen and oxygen atoms in total. The molecule has 1 fully saturated rings. The minimum absolute atomic E-state index is 0.235. The minimum Gasteiger partial charge on any atom is -0.376 e. The van der Waals surface area contributed by atoms with Crippen molar-refractivity contribution in [2.45, 2.75) is 18.9 Å². The van der Waals surface area contributed by atoms with Gasteiger partial charge < -0.3 is 15.4 Å². The van der Waals surface area contributed by atoms with Gasteiger partial charge in [0.2, 0.25) is 5.95 Å². The second-order valence-electron chi connectivity index (χ2n) is 5.00. The van der Waals surface area contributed by atoms with Crippen molar-refractivity contribution in [3.05, 3.63) is 36.0 Å². The highest BCUT2D eigenvalue weighted by Crippen LogP contribution is 2.16. The minimum atomic E-state index is 0.235. The van der Waals surface area contributed by atoms with Crippen LogP contribution in [0.15, 0.2) is 30.5 Å². The van der Waals surface area contributed by atoms with Crippen molar-refractivity contribution in [3.8, 4) is 6.07 Å². The molecule has 1 aliphatic rings. The summed E-state index contributed by atoms with van der Waals surface area (Å²) in [6, 6.07) is 9.21. The second kappa shape index (κ2) is 6.83. The predicted octanol–water partition coefficient (Wildman–Crippen LogP) is 2.08. The van der Waals surface area contributed by atoms with Crippen LogP contribution in [0.25, 0.3) is 0 Å². The van der Waals surface area contributed by atoms with Crippen LogP contribution < -0.4 is 10.6 Å². The van der Waals surface area contributed by atoms with E-state index >= 15 is 0 Å². The van der Waals surface area contributed by atoms with Gasteiger partial charge in [-0.3, -0.25) is 0 Å². The second-order valence-corrected chi connectivity index (χ2v) is 5.00. The molecule has 0 bridgehead atoms. The van der Waals surface area contributed by atoms with Crippen LogP contribution in [0.1, 0.15) is 18.4 Å². The number of nitrogens with one attached hydrogen (secondary N) is 2. The molecule has 22 heavy (non-hydrogen) atoms. The number of ether oxygens (including phenoxy) is 1. The Kier molecular flexibility index (Phi) is 4.41. The largest absolute Gasteiger partial charge is 0.376 e. The van der Waals surface area contributed by atoms with Crippen molar-refractivity contribution in [2.24, 2.45) is 0 Å². The lowest BCUT2D eigenvalue weighted by Crippen LogP contribution is -2.19. The van der Waals surface area contributed by atoms with Gasteiger partial charge in [-0.1, -0.05) is 6.07 Å². The van der Waals surface area contributed by atoms with Gasteiger partial charge in [-0.15, -0.1) is 5.10 Å². The van der Waals surface area contributed by atoms with Crippen molar-refractivity contribution in [2.75, 3.05) is 23.8 Å². The third-order valence-electron chi connectivity index (χ3n) is 3.34. The first-order valence-corrected chi connectivity index (χ1v) is 7.16. The maximum Gasteiger partial charge on any atom is 0.249 e. The van der Waals surface area contributed by atoms with E-state index in [1.165, 1.54) is 0 Å². The van der Waals surface area contributed by atoms with Gasteiger partial charge in [0.15, 0.2) is 5.82 Å². The van der Waals surface area contributed by atoms with Gasteiger partial charge in [0.25, 0.3) is 0 Å². The highest BCUT2D eigenvalue weighted by Gasteiger charge is 2.15. The van der Waals surface area contributed by atoms with E-state index in [0.29, 0.717) is 23.9 Å². The molecule has 2 N–H and O–H groups in total. The number of nitriles is 1. The summed E-state index contributed by atoms with van der Waals surface area (Å²) in [6.07, 6.45) is 3.98. The maximum atomic E-state index is 8.90. The summed E-state index contributed by atoms with van der Waals surface area (Å²) in [5.74, 6) is 1.02. The molecule has 0 radical (unpaired) electrons. The summed E-state index contributed by atoms with van der Waals surface area (Å²) in [7, 11) is 0. The lowest BCUT2D eigenvalue weighted by atomic mass is 10.2. The van der Waals surface area contributed by atoms with Crippen LogP contribution in [-0.4, -0.2) is 34.4 Å². The Labute approximate surface area is 128 Å². The van der Waals surface area contributed by atoms with Crippen LogP contribution in [0.4, 0.5) is 17.5 Å². The van der Waals surface area contributed by atoms with Gasteiger partial charge in [-0.05, 0) is 31.0 Å². The standard InChI is InChI=1S/C15H16N6O/c16-8-11-3-1-4-12(7-11)19-15-20-14(10-18-21-15)17-9-13-5-2-6-22-13/h1,3-4,7,10,13H,2,5-6,9H2,(H2,17,19,20,21). The summed E-state index contributed by atoms with van der Waals surface area (Å²) >= 11 is 0. The first-order valence-electron chi connectivity index (χ1n) is 7.16. The monoisotopic (exact) mass is 296 g/mol. The first-order chi connectivity index (χ1) is 10.8. The Balaban J connectivity index is 1.64. The molecule has 0 amide bonds. The molecule has 112 valence electrons. The zero-order valence-corrected chi connectivity index (χ0v) is 12.0. The Bertz CT molecular complexity index is 678. The highest BCUT2D eigenvalue weighted by atomic mass is 16.5. The normalized spacial score (nSPS) is 17.0. The lowest BCUT2D eigenvalue weighted by molar-refractivity contribution is 0.120. The first kappa shape index (κ1) is 14.2. The smallest absolute Gasteiger partial charge is 0.249 e. The quantitative estimate of drug-likeness (QED) is 0.872. The van der Waals surface area contributed by atoms with Crippen LogP contribution in [0, 0.1) is 11.3 Å². The number of nitrogens with zero attached hydrogens (tertiary/aromatic N) is 4. The van der Waals surface area contributed by atoms with Gasteiger partial charge in [0.1, 0.15) is 0 Å². The van der Waals surface area contributed by atoms with Gasteiger partial charge >= 0.3 is 0 Å². The molecule has 0 aliphatic carbocycles. The average molecular weight is 296 g/mol. The van der Waals surface area contributed by atoms with E-state index in [-0.39, 0.29) is 6.10 Å². The van der Waals surface area contributed by atoms with Crippen molar-refractivity contribution in [1.82, 2.24) is 15.2 Å². The Morgan fingerprint density at radius 2 is 2.36 bits per heavy atom. The molecule has 7 heteroatoms. The molecule has 2 aromatic rings. The molecular formula is C15H16N6O. The van der Waals surface area contributed by atoms with Gasteiger partial charge in [0.05, 0.1) is 23.9 Å². The maximum absolute atomic E-state index is 8.90. The van der Waals surface area contributed by atoms with Crippen molar-refractivity contribution >= 4 is 17.5 Å². The molecule has 1 unspecified atom stereocenters. The molecule has 3 rings (SSSR count). The van der Waals surface area contributed by atoms with Crippen molar-refractivity contribution in [1.29, 1.82) is 5.26 Å². The Morgan fingerprint density at radius 1 is 1.41 bits per heavy atom. The number of hydrogen-bond acceptors (Lipinski definition) is 7. The van der Waals surface area contributed by atoms with Crippen LogP contribution in [0.5, 0.6) is 0 Å². The van der Waals surface area contributed by atoms with E-state index in [0.717, 1.165) is 25.1 Å². The topological polar surface area (TPSA) is 95.8 Å². The van der Waals surface area contributed by atoms with Crippen LogP contribution in [0.3, 0.4) is 0 Å². The van der Waals surface area contributed by atoms with Gasteiger partial charge in [-0.25, -0.2) is 0 Å². The molecule has 1 saturated heterocycles. The van der Waals surface area contributed by atoms with Gasteiger partial charge in [0, 0.05) is 18.8 Å². The number of hydrogen-bond donors (Lipinski definition) is 2. The van der Waals surface area contributed by atoms with E-state index in [1.807, 2.05) is 6.07 Å². The number of rotatable bonds is 5. The Hall–Kier alpha value is -2.72. The molecular weight excluding hydrogens is 280 g/mol. The summed E-state index contributed by atoms with van der Waals surface area (Å²) in [5, 5.41) is 23.0. The van der Waals surface area contributed by atoms with E-state index in [4.69, 9.17) is 10.00 Å². The third kappa shape index (κ3) is 3.68. The molecule has 2 heterocycles. The molecule has 1 aromatic heterocycles. The van der Waals surface area contributed by atoms with E-state index in [2.05, 4.69) is 31.9 Å². The summed E-state index contributed by atoms with van der Waals surface area (Å²) in [4.78, 5) is 4.35. The summed E-state index contributed by atoms with van der Waals surface area (Å²) in [5.41, 5.74) is 1.32. The molecule has 1 aromatic carbocycles. The van der Waals surface area contributed by atoms with Crippen molar-refractivity contribution < 1.29 is 4.74 Å². The van der Waals surface area contributed by atoms with E-state index in [1.54, 1.807) is 24.4 Å². The molecule has 1 atom stereocenters. The zero-order valence-electron chi connectivity index (χ0n) is 12.0. The predicted molar refractivity (Wildman–Crippen MR) is 81.7 cm³/mol.